The van der Waals surface area contributed by atoms with Crippen LogP contribution in [0.4, 0.5) is 5.69 Å². The summed E-state index contributed by atoms with van der Waals surface area (Å²) in [4.78, 5) is 24.7. The molecular formula is C19H20N4O2. The smallest absolute Gasteiger partial charge is 0.261 e. The van der Waals surface area contributed by atoms with E-state index in [1.165, 1.54) is 19.3 Å². The van der Waals surface area contributed by atoms with Crippen molar-refractivity contribution < 1.29 is 9.53 Å². The van der Waals surface area contributed by atoms with E-state index in [1.807, 2.05) is 25.1 Å². The minimum Gasteiger partial charge on any atom is -0.477 e. The molecule has 2 N–H and O–H groups in total. The summed E-state index contributed by atoms with van der Waals surface area (Å²) >= 11 is 0. The fourth-order valence-electron chi connectivity index (χ4n) is 3.00. The number of aromatic amines is 1. The van der Waals surface area contributed by atoms with Crippen LogP contribution in [0.15, 0.2) is 36.5 Å². The van der Waals surface area contributed by atoms with Gasteiger partial charge in [-0.15, -0.1) is 0 Å². The van der Waals surface area contributed by atoms with E-state index in [-0.39, 0.29) is 5.91 Å². The van der Waals surface area contributed by atoms with E-state index in [2.05, 4.69) is 20.3 Å². The van der Waals surface area contributed by atoms with E-state index in [9.17, 15) is 4.79 Å². The standard InChI is InChI=1S/C19H20N4O2/c1-2-25-19-14(7-4-10-20-19)18(24)21-13-8-9-15-16(11-13)23-17(22-15)12-5-3-6-12/h4,7-12H,2-3,5-6H2,1H3,(H,21,24)(H,22,23). The van der Waals surface area contributed by atoms with Crippen molar-refractivity contribution in [1.29, 1.82) is 0 Å². The van der Waals surface area contributed by atoms with Crippen LogP contribution >= 0.6 is 0 Å². The average Bonchev–Trinajstić information content (AvgIpc) is 2.96. The zero-order valence-corrected chi connectivity index (χ0v) is 14.1. The molecule has 6 nitrogen and oxygen atoms in total. The van der Waals surface area contributed by atoms with Crippen molar-refractivity contribution in [3.05, 3.63) is 47.9 Å². The lowest BCUT2D eigenvalue weighted by Gasteiger charge is -2.22. The summed E-state index contributed by atoms with van der Waals surface area (Å²) < 4.78 is 5.43. The van der Waals surface area contributed by atoms with Crippen LogP contribution in [0, 0.1) is 0 Å². The molecule has 0 bridgehead atoms. The number of anilines is 1. The van der Waals surface area contributed by atoms with Crippen molar-refractivity contribution in [2.45, 2.75) is 32.1 Å². The molecule has 0 aliphatic heterocycles. The average molecular weight is 336 g/mol. The maximum absolute atomic E-state index is 12.6. The first-order valence-electron chi connectivity index (χ1n) is 8.63. The number of nitrogens with zero attached hydrogens (tertiary/aromatic N) is 2. The monoisotopic (exact) mass is 336 g/mol. The number of H-pyrrole nitrogens is 1. The van der Waals surface area contributed by atoms with Crippen molar-refractivity contribution in [1.82, 2.24) is 15.0 Å². The van der Waals surface area contributed by atoms with Gasteiger partial charge in [-0.05, 0) is 50.1 Å². The zero-order valence-electron chi connectivity index (χ0n) is 14.1. The van der Waals surface area contributed by atoms with Crippen molar-refractivity contribution in [2.75, 3.05) is 11.9 Å². The van der Waals surface area contributed by atoms with Gasteiger partial charge >= 0.3 is 0 Å². The second kappa shape index (κ2) is 6.55. The van der Waals surface area contributed by atoms with Gasteiger partial charge in [0.25, 0.3) is 5.91 Å². The van der Waals surface area contributed by atoms with Crippen molar-refractivity contribution in [3.8, 4) is 5.88 Å². The second-order valence-electron chi connectivity index (χ2n) is 6.23. The number of benzene rings is 1. The number of aromatic nitrogens is 3. The lowest BCUT2D eigenvalue weighted by molar-refractivity contribution is 0.102. The van der Waals surface area contributed by atoms with Gasteiger partial charge in [0.15, 0.2) is 0 Å². The Labute approximate surface area is 145 Å². The van der Waals surface area contributed by atoms with Crippen LogP contribution in [0.5, 0.6) is 5.88 Å². The van der Waals surface area contributed by atoms with Gasteiger partial charge in [-0.1, -0.05) is 6.42 Å². The Morgan fingerprint density at radius 2 is 2.24 bits per heavy atom. The predicted molar refractivity (Wildman–Crippen MR) is 96.0 cm³/mol. The maximum atomic E-state index is 12.6. The van der Waals surface area contributed by atoms with E-state index in [4.69, 9.17) is 4.74 Å². The number of rotatable bonds is 5. The highest BCUT2D eigenvalue weighted by atomic mass is 16.5. The number of pyridine rings is 1. The fraction of sp³-hybridized carbons (Fsp3) is 0.316. The van der Waals surface area contributed by atoms with Gasteiger partial charge in [-0.3, -0.25) is 4.79 Å². The number of hydrogen-bond donors (Lipinski definition) is 2. The minimum absolute atomic E-state index is 0.241. The van der Waals surface area contributed by atoms with Crippen molar-refractivity contribution in [2.24, 2.45) is 0 Å². The van der Waals surface area contributed by atoms with Gasteiger partial charge in [0.1, 0.15) is 11.4 Å². The molecule has 2 heterocycles. The maximum Gasteiger partial charge on any atom is 0.261 e. The summed E-state index contributed by atoms with van der Waals surface area (Å²) in [5.74, 6) is 1.71. The van der Waals surface area contributed by atoms with Crippen LogP contribution < -0.4 is 10.1 Å². The van der Waals surface area contributed by atoms with E-state index >= 15 is 0 Å². The molecular weight excluding hydrogens is 316 g/mol. The van der Waals surface area contributed by atoms with Crippen LogP contribution in [-0.2, 0) is 0 Å². The molecule has 1 saturated carbocycles. The van der Waals surface area contributed by atoms with Gasteiger partial charge < -0.3 is 15.0 Å². The predicted octanol–water partition coefficient (Wildman–Crippen LogP) is 3.88. The number of imidazole rings is 1. The number of carbonyl (C=O) groups excluding carboxylic acids is 1. The number of ether oxygens (including phenoxy) is 1. The Morgan fingerprint density at radius 3 is 3.00 bits per heavy atom. The molecule has 6 heteroatoms. The van der Waals surface area contributed by atoms with E-state index in [1.54, 1.807) is 18.3 Å². The minimum atomic E-state index is -0.241. The Kier molecular flexibility index (Phi) is 4.09. The summed E-state index contributed by atoms with van der Waals surface area (Å²) in [6.45, 7) is 2.32. The van der Waals surface area contributed by atoms with Gasteiger partial charge in [-0.25, -0.2) is 9.97 Å². The van der Waals surface area contributed by atoms with Crippen molar-refractivity contribution in [3.63, 3.8) is 0 Å². The molecule has 128 valence electrons. The molecule has 0 saturated heterocycles. The van der Waals surface area contributed by atoms with Crippen LogP contribution in [0.2, 0.25) is 0 Å². The number of carbonyl (C=O) groups is 1. The number of fused-ring (bicyclic) bond motifs is 1. The normalized spacial score (nSPS) is 14.3. The van der Waals surface area contributed by atoms with Crippen LogP contribution in [0.3, 0.4) is 0 Å². The highest BCUT2D eigenvalue weighted by Crippen LogP contribution is 2.35. The molecule has 0 unspecified atom stereocenters. The van der Waals surface area contributed by atoms with Crippen LogP contribution in [-0.4, -0.2) is 27.5 Å². The van der Waals surface area contributed by atoms with Gasteiger partial charge in [0.2, 0.25) is 5.88 Å². The Hall–Kier alpha value is -2.89. The quantitative estimate of drug-likeness (QED) is 0.741. The molecule has 0 spiro atoms. The molecule has 1 fully saturated rings. The third kappa shape index (κ3) is 3.07. The molecule has 0 radical (unpaired) electrons. The SMILES string of the molecule is CCOc1ncccc1C(=O)Nc1ccc2nc(C3CCC3)[nH]c2c1. The first-order chi connectivity index (χ1) is 12.2. The molecule has 1 aromatic carbocycles. The van der Waals surface area contributed by atoms with E-state index < -0.39 is 0 Å². The number of amides is 1. The van der Waals surface area contributed by atoms with Crippen LogP contribution in [0.1, 0.15) is 48.3 Å². The zero-order chi connectivity index (χ0) is 17.2. The topological polar surface area (TPSA) is 79.9 Å². The lowest BCUT2D eigenvalue weighted by atomic mass is 9.85. The molecule has 1 amide bonds. The first-order valence-corrected chi connectivity index (χ1v) is 8.63. The molecule has 25 heavy (non-hydrogen) atoms. The summed E-state index contributed by atoms with van der Waals surface area (Å²) in [5, 5.41) is 2.91. The highest BCUT2D eigenvalue weighted by Gasteiger charge is 2.22. The lowest BCUT2D eigenvalue weighted by Crippen LogP contribution is -2.14. The fourth-order valence-corrected chi connectivity index (χ4v) is 3.00. The van der Waals surface area contributed by atoms with Gasteiger partial charge in [0.05, 0.1) is 17.6 Å². The molecule has 1 aliphatic carbocycles. The summed E-state index contributed by atoms with van der Waals surface area (Å²) in [5.41, 5.74) is 3.00. The van der Waals surface area contributed by atoms with Crippen molar-refractivity contribution >= 4 is 22.6 Å². The third-order valence-electron chi connectivity index (χ3n) is 4.55. The Morgan fingerprint density at radius 1 is 1.36 bits per heavy atom. The molecule has 1 aliphatic rings. The second-order valence-corrected chi connectivity index (χ2v) is 6.23. The third-order valence-corrected chi connectivity index (χ3v) is 4.55. The molecule has 0 atom stereocenters. The van der Waals surface area contributed by atoms with Crippen LogP contribution in [0.25, 0.3) is 11.0 Å². The summed E-state index contributed by atoms with van der Waals surface area (Å²) in [6, 6.07) is 9.13. The summed E-state index contributed by atoms with van der Waals surface area (Å²) in [6.07, 6.45) is 5.28. The molecule has 2 aromatic heterocycles. The Balaban J connectivity index is 1.56. The largest absolute Gasteiger partial charge is 0.477 e. The van der Waals surface area contributed by atoms with E-state index in [0.717, 1.165) is 16.9 Å². The van der Waals surface area contributed by atoms with Gasteiger partial charge in [0, 0.05) is 17.8 Å². The number of nitrogens with one attached hydrogen (secondary N) is 2. The molecule has 4 rings (SSSR count). The Bertz CT molecular complexity index is 915. The number of hydrogen-bond acceptors (Lipinski definition) is 4. The molecule has 3 aromatic rings. The van der Waals surface area contributed by atoms with E-state index in [0.29, 0.717) is 29.7 Å². The highest BCUT2D eigenvalue weighted by molar-refractivity contribution is 6.06. The van der Waals surface area contributed by atoms with Gasteiger partial charge in [-0.2, -0.15) is 0 Å². The first kappa shape index (κ1) is 15.6. The summed E-state index contributed by atoms with van der Waals surface area (Å²) in [7, 11) is 0.